The van der Waals surface area contributed by atoms with Crippen LogP contribution in [-0.2, 0) is 16.6 Å². The summed E-state index contributed by atoms with van der Waals surface area (Å²) in [6, 6.07) is 4.95. The zero-order valence-corrected chi connectivity index (χ0v) is 14.5. The maximum Gasteiger partial charge on any atom is 0.322 e. The number of benzene rings is 1. The van der Waals surface area contributed by atoms with E-state index < -0.39 is 10.0 Å². The first-order valence-electron chi connectivity index (χ1n) is 6.87. The Morgan fingerprint density at radius 3 is 2.17 bits per heavy atom. The van der Waals surface area contributed by atoms with Crippen LogP contribution in [0, 0.1) is 6.92 Å². The summed E-state index contributed by atoms with van der Waals surface area (Å²) in [5, 5.41) is 0. The van der Waals surface area contributed by atoms with E-state index in [0.717, 1.165) is 5.56 Å². The maximum absolute atomic E-state index is 12.5. The highest BCUT2D eigenvalue weighted by molar-refractivity contribution is 7.89. The van der Waals surface area contributed by atoms with Crippen molar-refractivity contribution in [3.8, 4) is 17.8 Å². The van der Waals surface area contributed by atoms with Gasteiger partial charge in [0.25, 0.3) is 0 Å². The van der Waals surface area contributed by atoms with Crippen LogP contribution in [0.4, 0.5) is 0 Å². The zero-order valence-electron chi connectivity index (χ0n) is 13.7. The number of aryl methyl sites for hydroxylation is 1. The van der Waals surface area contributed by atoms with Crippen LogP contribution in [0.3, 0.4) is 0 Å². The van der Waals surface area contributed by atoms with Crippen LogP contribution < -0.4 is 18.9 Å². The van der Waals surface area contributed by atoms with Gasteiger partial charge in [0.2, 0.25) is 10.0 Å². The van der Waals surface area contributed by atoms with Gasteiger partial charge in [-0.05, 0) is 24.6 Å². The lowest BCUT2D eigenvalue weighted by atomic mass is 10.2. The van der Waals surface area contributed by atoms with E-state index in [-0.39, 0.29) is 35.0 Å². The molecule has 0 unspecified atom stereocenters. The second-order valence-electron chi connectivity index (χ2n) is 4.70. The minimum Gasteiger partial charge on any atom is -0.495 e. The van der Waals surface area contributed by atoms with Gasteiger partial charge >= 0.3 is 12.0 Å². The van der Waals surface area contributed by atoms with Gasteiger partial charge in [-0.15, -0.1) is 4.98 Å². The molecule has 10 heteroatoms. The summed E-state index contributed by atoms with van der Waals surface area (Å²) in [4.78, 5) is 11.8. The van der Waals surface area contributed by atoms with Crippen molar-refractivity contribution in [3.05, 3.63) is 29.6 Å². The smallest absolute Gasteiger partial charge is 0.322 e. The van der Waals surface area contributed by atoms with Crippen molar-refractivity contribution in [2.75, 3.05) is 21.3 Å². The van der Waals surface area contributed by atoms with E-state index in [0.29, 0.717) is 0 Å². The normalized spacial score (nSPS) is 11.2. The van der Waals surface area contributed by atoms with E-state index in [4.69, 9.17) is 14.2 Å². The van der Waals surface area contributed by atoms with Crippen molar-refractivity contribution in [1.29, 1.82) is 0 Å². The van der Waals surface area contributed by atoms with Crippen LogP contribution in [0.15, 0.2) is 23.1 Å². The first-order chi connectivity index (χ1) is 11.4. The summed E-state index contributed by atoms with van der Waals surface area (Å²) in [5.41, 5.74) is 0.791. The molecule has 0 fully saturated rings. The summed E-state index contributed by atoms with van der Waals surface area (Å²) in [6.07, 6.45) is 0. The zero-order chi connectivity index (χ0) is 17.7. The van der Waals surface area contributed by atoms with Crippen LogP contribution in [0.1, 0.15) is 11.4 Å². The molecule has 1 aromatic heterocycles. The lowest BCUT2D eigenvalue weighted by molar-refractivity contribution is 0.336. The molecule has 0 aliphatic heterocycles. The third-order valence-corrected chi connectivity index (χ3v) is 4.46. The Morgan fingerprint density at radius 2 is 1.62 bits per heavy atom. The fraction of sp³-hybridized carbons (Fsp3) is 0.357. The number of methoxy groups -OCH3 is 3. The van der Waals surface area contributed by atoms with Crippen molar-refractivity contribution in [2.24, 2.45) is 0 Å². The highest BCUT2D eigenvalue weighted by Gasteiger charge is 2.20. The molecule has 0 aliphatic rings. The molecule has 1 N–H and O–H groups in total. The summed E-state index contributed by atoms with van der Waals surface area (Å²) in [5.74, 6) is 0.410. The Balaban J connectivity index is 2.26. The molecule has 130 valence electrons. The lowest BCUT2D eigenvalue weighted by Gasteiger charge is -2.11. The van der Waals surface area contributed by atoms with Gasteiger partial charge in [-0.25, -0.2) is 13.1 Å². The fourth-order valence-electron chi connectivity index (χ4n) is 1.87. The molecule has 24 heavy (non-hydrogen) atoms. The van der Waals surface area contributed by atoms with Gasteiger partial charge in [-0.2, -0.15) is 9.97 Å². The molecular formula is C14H18N4O5S. The summed E-state index contributed by atoms with van der Waals surface area (Å²) >= 11 is 0. The van der Waals surface area contributed by atoms with Crippen molar-refractivity contribution < 1.29 is 22.6 Å². The molecule has 0 spiro atoms. The molecule has 2 aromatic rings. The van der Waals surface area contributed by atoms with Gasteiger partial charge < -0.3 is 14.2 Å². The number of sulfonamides is 1. The lowest BCUT2D eigenvalue weighted by Crippen LogP contribution is -2.25. The molecule has 0 aliphatic carbocycles. The molecule has 1 heterocycles. The molecule has 9 nitrogen and oxygen atoms in total. The van der Waals surface area contributed by atoms with Crippen molar-refractivity contribution in [1.82, 2.24) is 19.7 Å². The number of hydrogen-bond donors (Lipinski definition) is 1. The number of aromatic nitrogens is 3. The third kappa shape index (κ3) is 4.09. The molecule has 0 amide bonds. The molecule has 0 radical (unpaired) electrons. The van der Waals surface area contributed by atoms with Gasteiger partial charge in [0.1, 0.15) is 10.6 Å². The second kappa shape index (κ2) is 7.41. The monoisotopic (exact) mass is 354 g/mol. The van der Waals surface area contributed by atoms with Gasteiger partial charge in [0.15, 0.2) is 5.82 Å². The van der Waals surface area contributed by atoms with Crippen LogP contribution >= 0.6 is 0 Å². The van der Waals surface area contributed by atoms with Gasteiger partial charge in [-0.1, -0.05) is 6.07 Å². The summed E-state index contributed by atoms with van der Waals surface area (Å²) in [7, 11) is 0.367. The molecule has 0 atom stereocenters. The van der Waals surface area contributed by atoms with Crippen LogP contribution in [0.25, 0.3) is 0 Å². The van der Waals surface area contributed by atoms with Crippen LogP contribution in [0.5, 0.6) is 17.8 Å². The molecule has 0 saturated carbocycles. The summed E-state index contributed by atoms with van der Waals surface area (Å²) in [6.45, 7) is 1.63. The van der Waals surface area contributed by atoms with Crippen molar-refractivity contribution >= 4 is 10.0 Å². The number of nitrogens with zero attached hydrogens (tertiary/aromatic N) is 3. The Kier molecular flexibility index (Phi) is 5.52. The maximum atomic E-state index is 12.5. The molecule has 1 aromatic carbocycles. The van der Waals surface area contributed by atoms with E-state index in [9.17, 15) is 8.42 Å². The molecular weight excluding hydrogens is 336 g/mol. The fourth-order valence-corrected chi connectivity index (χ4v) is 3.10. The first-order valence-corrected chi connectivity index (χ1v) is 8.35. The number of nitrogens with one attached hydrogen (secondary N) is 1. The van der Waals surface area contributed by atoms with Gasteiger partial charge in [-0.3, -0.25) is 0 Å². The Morgan fingerprint density at radius 1 is 1.00 bits per heavy atom. The highest BCUT2D eigenvalue weighted by atomic mass is 32.2. The average Bonchev–Trinajstić information content (AvgIpc) is 2.59. The number of ether oxygens (including phenoxy) is 3. The Bertz CT molecular complexity index is 804. The van der Waals surface area contributed by atoms with E-state index >= 15 is 0 Å². The predicted molar refractivity (Wildman–Crippen MR) is 84.7 cm³/mol. The third-order valence-electron chi connectivity index (χ3n) is 3.03. The minimum atomic E-state index is -3.82. The summed E-state index contributed by atoms with van der Waals surface area (Å²) < 4.78 is 42.4. The van der Waals surface area contributed by atoms with E-state index in [1.807, 2.05) is 0 Å². The van der Waals surface area contributed by atoms with E-state index in [1.165, 1.54) is 27.4 Å². The quantitative estimate of drug-likeness (QED) is 0.772. The van der Waals surface area contributed by atoms with Crippen LogP contribution in [0.2, 0.25) is 0 Å². The number of hydrogen-bond acceptors (Lipinski definition) is 8. The van der Waals surface area contributed by atoms with E-state index in [1.54, 1.807) is 19.1 Å². The van der Waals surface area contributed by atoms with E-state index in [2.05, 4.69) is 19.7 Å². The molecule has 0 saturated heterocycles. The highest BCUT2D eigenvalue weighted by Crippen LogP contribution is 2.24. The van der Waals surface area contributed by atoms with Gasteiger partial charge in [0, 0.05) is 0 Å². The first kappa shape index (κ1) is 17.9. The second-order valence-corrected chi connectivity index (χ2v) is 6.44. The van der Waals surface area contributed by atoms with Crippen molar-refractivity contribution in [3.63, 3.8) is 0 Å². The topological polar surface area (TPSA) is 113 Å². The number of rotatable bonds is 7. The SMILES string of the molecule is COc1nc(CNS(=O)(=O)c2cc(C)ccc2OC)nc(OC)n1. The van der Waals surface area contributed by atoms with Gasteiger partial charge in [0.05, 0.1) is 27.9 Å². The van der Waals surface area contributed by atoms with Crippen molar-refractivity contribution in [2.45, 2.75) is 18.4 Å². The van der Waals surface area contributed by atoms with Crippen LogP contribution in [-0.4, -0.2) is 44.7 Å². The Hall–Kier alpha value is -2.46. The standard InChI is InChI=1S/C14H18N4O5S/c1-9-5-6-10(21-2)11(7-9)24(19,20)15-8-12-16-13(22-3)18-14(17-12)23-4/h5-7,15H,8H2,1-4H3. The largest absolute Gasteiger partial charge is 0.495 e. The molecule has 0 bridgehead atoms. The predicted octanol–water partition coefficient (Wildman–Crippen LogP) is 0.684. The molecule has 2 rings (SSSR count). The Labute approximate surface area is 140 Å². The average molecular weight is 354 g/mol. The minimum absolute atomic E-state index is 0.0317.